The summed E-state index contributed by atoms with van der Waals surface area (Å²) in [4.78, 5) is 0. The maximum atomic E-state index is 6.24. The summed E-state index contributed by atoms with van der Waals surface area (Å²) in [5.41, 5.74) is 4.73. The van der Waals surface area contributed by atoms with Crippen molar-refractivity contribution in [1.29, 1.82) is 0 Å². The zero-order valence-corrected chi connectivity index (χ0v) is 11.4. The lowest BCUT2D eigenvalue weighted by molar-refractivity contribution is 1.13. The molecule has 0 spiro atoms. The van der Waals surface area contributed by atoms with Gasteiger partial charge in [-0.15, -0.1) is 0 Å². The fraction of sp³-hybridized carbons (Fsp3) is 0.200. The van der Waals surface area contributed by atoms with Gasteiger partial charge in [-0.3, -0.25) is 0 Å². The zero-order chi connectivity index (χ0) is 12.4. The van der Waals surface area contributed by atoms with Crippen LogP contribution in [0.15, 0.2) is 36.4 Å². The van der Waals surface area contributed by atoms with Crippen LogP contribution in [-0.2, 0) is 6.42 Å². The average Bonchev–Trinajstić information content (AvgIpc) is 2.27. The normalized spacial score (nSPS) is 10.6. The first-order valence-corrected chi connectivity index (χ1v) is 6.33. The molecule has 0 aliphatic carbocycles. The maximum Gasteiger partial charge on any atom is 0.0444 e. The van der Waals surface area contributed by atoms with E-state index in [1.807, 2.05) is 24.3 Å². The molecule has 0 aliphatic heterocycles. The highest BCUT2D eigenvalue weighted by atomic mass is 35.5. The SMILES string of the molecule is Cc1cccc(Cl)c1Cc1c(C)cccc1Cl. The molecule has 2 aromatic carbocycles. The van der Waals surface area contributed by atoms with Crippen molar-refractivity contribution >= 4 is 23.2 Å². The predicted molar refractivity (Wildman–Crippen MR) is 75.2 cm³/mol. The van der Waals surface area contributed by atoms with Crippen LogP contribution in [0.3, 0.4) is 0 Å². The first-order chi connectivity index (χ1) is 8.09. The fourth-order valence-corrected chi connectivity index (χ4v) is 2.53. The van der Waals surface area contributed by atoms with Crippen LogP contribution >= 0.6 is 23.2 Å². The lowest BCUT2D eigenvalue weighted by atomic mass is 9.97. The van der Waals surface area contributed by atoms with E-state index in [0.29, 0.717) is 0 Å². The van der Waals surface area contributed by atoms with Gasteiger partial charge in [0.25, 0.3) is 0 Å². The third kappa shape index (κ3) is 2.65. The van der Waals surface area contributed by atoms with Gasteiger partial charge >= 0.3 is 0 Å². The Morgan fingerprint density at radius 3 is 1.53 bits per heavy atom. The highest BCUT2D eigenvalue weighted by molar-refractivity contribution is 6.32. The molecule has 0 nitrogen and oxygen atoms in total. The highest BCUT2D eigenvalue weighted by Crippen LogP contribution is 2.27. The Balaban J connectivity index is 2.45. The van der Waals surface area contributed by atoms with Crippen LogP contribution in [-0.4, -0.2) is 0 Å². The van der Waals surface area contributed by atoms with Crippen LogP contribution in [0.4, 0.5) is 0 Å². The van der Waals surface area contributed by atoms with Crippen molar-refractivity contribution < 1.29 is 0 Å². The van der Waals surface area contributed by atoms with Crippen molar-refractivity contribution in [3.63, 3.8) is 0 Å². The zero-order valence-electron chi connectivity index (χ0n) is 9.93. The molecule has 0 aromatic heterocycles. The number of halogens is 2. The number of hydrogen-bond acceptors (Lipinski definition) is 0. The molecule has 0 unspecified atom stereocenters. The summed E-state index contributed by atoms with van der Waals surface area (Å²) in [6, 6.07) is 12.0. The van der Waals surface area contributed by atoms with E-state index in [1.54, 1.807) is 0 Å². The third-order valence-corrected chi connectivity index (χ3v) is 3.77. The topological polar surface area (TPSA) is 0 Å². The molecule has 0 heterocycles. The van der Waals surface area contributed by atoms with Crippen LogP contribution in [0, 0.1) is 13.8 Å². The Kier molecular flexibility index (Phi) is 3.76. The molecule has 0 N–H and O–H groups in total. The minimum Gasteiger partial charge on any atom is -0.0840 e. The second kappa shape index (κ2) is 5.12. The minimum atomic E-state index is 0.789. The Hall–Kier alpha value is -0.980. The lowest BCUT2D eigenvalue weighted by Gasteiger charge is -2.12. The van der Waals surface area contributed by atoms with E-state index < -0.39 is 0 Å². The van der Waals surface area contributed by atoms with Gasteiger partial charge in [0.05, 0.1) is 0 Å². The van der Waals surface area contributed by atoms with E-state index in [2.05, 4.69) is 26.0 Å². The summed E-state index contributed by atoms with van der Waals surface area (Å²) < 4.78 is 0. The van der Waals surface area contributed by atoms with E-state index >= 15 is 0 Å². The summed E-state index contributed by atoms with van der Waals surface area (Å²) in [6.07, 6.45) is 0.789. The van der Waals surface area contributed by atoms with Gasteiger partial charge in [-0.2, -0.15) is 0 Å². The molecular formula is C15H14Cl2. The molecule has 2 heteroatoms. The van der Waals surface area contributed by atoms with E-state index in [-0.39, 0.29) is 0 Å². The van der Waals surface area contributed by atoms with Gasteiger partial charge in [0, 0.05) is 16.5 Å². The van der Waals surface area contributed by atoms with Crippen LogP contribution in [0.25, 0.3) is 0 Å². The predicted octanol–water partition coefficient (Wildman–Crippen LogP) is 5.20. The number of aryl methyl sites for hydroxylation is 2. The van der Waals surface area contributed by atoms with Crippen LogP contribution in [0.2, 0.25) is 10.0 Å². The van der Waals surface area contributed by atoms with Gasteiger partial charge < -0.3 is 0 Å². The quantitative estimate of drug-likeness (QED) is 0.700. The Bertz CT molecular complexity index is 455. The van der Waals surface area contributed by atoms with Crippen molar-refractivity contribution in [2.45, 2.75) is 20.3 Å². The summed E-state index contributed by atoms with van der Waals surface area (Å²) in [5, 5.41) is 1.62. The number of rotatable bonds is 2. The third-order valence-electron chi connectivity index (χ3n) is 3.06. The van der Waals surface area contributed by atoms with Crippen molar-refractivity contribution in [3.05, 3.63) is 68.7 Å². The maximum absolute atomic E-state index is 6.24. The van der Waals surface area contributed by atoms with Crippen LogP contribution in [0.5, 0.6) is 0 Å². The molecule has 2 rings (SSSR count). The smallest absolute Gasteiger partial charge is 0.0444 e. The van der Waals surface area contributed by atoms with Gasteiger partial charge in [-0.1, -0.05) is 47.5 Å². The summed E-state index contributed by atoms with van der Waals surface area (Å²) >= 11 is 12.5. The van der Waals surface area contributed by atoms with Crippen molar-refractivity contribution in [2.75, 3.05) is 0 Å². The van der Waals surface area contributed by atoms with Gasteiger partial charge in [0.1, 0.15) is 0 Å². The van der Waals surface area contributed by atoms with Gasteiger partial charge in [0.15, 0.2) is 0 Å². The van der Waals surface area contributed by atoms with E-state index in [4.69, 9.17) is 23.2 Å². The van der Waals surface area contributed by atoms with E-state index in [9.17, 15) is 0 Å². The van der Waals surface area contributed by atoms with Crippen molar-refractivity contribution in [1.82, 2.24) is 0 Å². The lowest BCUT2D eigenvalue weighted by Crippen LogP contribution is -1.96. The largest absolute Gasteiger partial charge is 0.0840 e. The molecule has 17 heavy (non-hydrogen) atoms. The molecule has 2 aromatic rings. The molecule has 0 bridgehead atoms. The van der Waals surface area contributed by atoms with Crippen molar-refractivity contribution in [3.8, 4) is 0 Å². The fourth-order valence-electron chi connectivity index (χ4n) is 1.96. The molecule has 0 fully saturated rings. The summed E-state index contributed by atoms with van der Waals surface area (Å²) in [6.45, 7) is 4.15. The second-order valence-electron chi connectivity index (χ2n) is 4.25. The molecule has 0 radical (unpaired) electrons. The standard InChI is InChI=1S/C15H14Cl2/c1-10-5-3-7-14(16)12(10)9-13-11(2)6-4-8-15(13)17/h3-8H,9H2,1-2H3. The van der Waals surface area contributed by atoms with Crippen LogP contribution in [0.1, 0.15) is 22.3 Å². The summed E-state index contributed by atoms with van der Waals surface area (Å²) in [7, 11) is 0. The minimum absolute atomic E-state index is 0.789. The Labute approximate surface area is 112 Å². The summed E-state index contributed by atoms with van der Waals surface area (Å²) in [5.74, 6) is 0. The molecule has 0 aliphatic rings. The molecule has 0 saturated carbocycles. The average molecular weight is 265 g/mol. The molecule has 88 valence electrons. The van der Waals surface area contributed by atoms with Crippen molar-refractivity contribution in [2.24, 2.45) is 0 Å². The first-order valence-electron chi connectivity index (χ1n) is 5.57. The number of hydrogen-bond donors (Lipinski definition) is 0. The Morgan fingerprint density at radius 1 is 0.765 bits per heavy atom. The molecule has 0 amide bonds. The monoisotopic (exact) mass is 264 g/mol. The second-order valence-corrected chi connectivity index (χ2v) is 5.06. The molecular weight excluding hydrogens is 251 g/mol. The van der Waals surface area contributed by atoms with Crippen LogP contribution < -0.4 is 0 Å². The van der Waals surface area contributed by atoms with Gasteiger partial charge in [0.2, 0.25) is 0 Å². The van der Waals surface area contributed by atoms with Gasteiger partial charge in [-0.05, 0) is 48.2 Å². The van der Waals surface area contributed by atoms with E-state index in [0.717, 1.165) is 27.6 Å². The van der Waals surface area contributed by atoms with E-state index in [1.165, 1.54) is 11.1 Å². The Morgan fingerprint density at radius 2 is 1.18 bits per heavy atom. The highest BCUT2D eigenvalue weighted by Gasteiger charge is 2.09. The first kappa shape index (κ1) is 12.5. The van der Waals surface area contributed by atoms with Gasteiger partial charge in [-0.25, -0.2) is 0 Å². The number of benzene rings is 2. The molecule has 0 saturated heterocycles. The molecule has 0 atom stereocenters.